The number of rotatable bonds is 6. The van der Waals surface area contributed by atoms with E-state index < -0.39 is 35.3 Å². The highest BCUT2D eigenvalue weighted by atomic mass is 16.5. The average Bonchev–Trinajstić information content (AvgIpc) is 3.03. The maximum absolute atomic E-state index is 12.9. The van der Waals surface area contributed by atoms with Crippen LogP contribution in [0.1, 0.15) is 69.1 Å². The first-order chi connectivity index (χ1) is 12.6. The molecular weight excluding hydrogens is 350 g/mol. The number of carbonyl (C=O) groups is 3. The normalized spacial score (nSPS) is 17.8. The van der Waals surface area contributed by atoms with Crippen LogP contribution >= 0.6 is 0 Å². The van der Waals surface area contributed by atoms with Gasteiger partial charge in [-0.05, 0) is 31.1 Å². The number of hydrogen-bond acceptors (Lipinski definition) is 5. The third-order valence-electron chi connectivity index (χ3n) is 4.95. The van der Waals surface area contributed by atoms with E-state index in [2.05, 4.69) is 15.8 Å². The molecule has 3 N–H and O–H groups in total. The van der Waals surface area contributed by atoms with Crippen LogP contribution in [0.2, 0.25) is 0 Å². The van der Waals surface area contributed by atoms with E-state index in [9.17, 15) is 19.5 Å². The first-order valence-corrected chi connectivity index (χ1v) is 9.37. The molecule has 1 saturated carbocycles. The monoisotopic (exact) mass is 379 g/mol. The second kappa shape index (κ2) is 8.54. The summed E-state index contributed by atoms with van der Waals surface area (Å²) in [6.45, 7) is 6.92. The summed E-state index contributed by atoms with van der Waals surface area (Å²) in [7, 11) is 0. The zero-order chi connectivity index (χ0) is 20.2. The maximum Gasteiger partial charge on any atom is 0.326 e. The Morgan fingerprint density at radius 2 is 1.81 bits per heavy atom. The SMILES string of the molecule is Cc1cc(C(=O)N[C@H](C(=O)N[C@H](C(=O)O)C(C)(C)C)C2CCCCC2)no1. The third-order valence-corrected chi connectivity index (χ3v) is 4.95. The van der Waals surface area contributed by atoms with Crippen molar-refractivity contribution in [3.05, 3.63) is 17.5 Å². The van der Waals surface area contributed by atoms with Crippen LogP contribution in [0.25, 0.3) is 0 Å². The molecule has 1 aliphatic carbocycles. The molecule has 8 nitrogen and oxygen atoms in total. The van der Waals surface area contributed by atoms with E-state index in [0.717, 1.165) is 32.1 Å². The van der Waals surface area contributed by atoms with Crippen molar-refractivity contribution in [3.8, 4) is 0 Å². The molecule has 0 spiro atoms. The Bertz CT molecular complexity index is 686. The first-order valence-electron chi connectivity index (χ1n) is 9.37. The van der Waals surface area contributed by atoms with Crippen molar-refractivity contribution in [2.75, 3.05) is 0 Å². The Kier molecular flexibility index (Phi) is 6.62. The lowest BCUT2D eigenvalue weighted by Gasteiger charge is -2.33. The van der Waals surface area contributed by atoms with E-state index in [1.807, 2.05) is 0 Å². The topological polar surface area (TPSA) is 122 Å². The number of nitrogens with zero attached hydrogens (tertiary/aromatic N) is 1. The van der Waals surface area contributed by atoms with Crippen LogP contribution in [0.5, 0.6) is 0 Å². The molecule has 0 saturated heterocycles. The van der Waals surface area contributed by atoms with Gasteiger partial charge in [-0.25, -0.2) is 4.79 Å². The molecular formula is C19H29N3O5. The van der Waals surface area contributed by atoms with Crippen LogP contribution in [0.15, 0.2) is 10.6 Å². The Balaban J connectivity index is 2.19. The zero-order valence-corrected chi connectivity index (χ0v) is 16.4. The second-order valence-corrected chi connectivity index (χ2v) is 8.32. The van der Waals surface area contributed by atoms with Gasteiger partial charge in [-0.15, -0.1) is 0 Å². The molecule has 1 aliphatic rings. The minimum absolute atomic E-state index is 0.0369. The number of aromatic nitrogens is 1. The van der Waals surface area contributed by atoms with Crippen LogP contribution in [-0.2, 0) is 9.59 Å². The van der Waals surface area contributed by atoms with E-state index in [1.54, 1.807) is 27.7 Å². The Morgan fingerprint density at radius 3 is 2.30 bits per heavy atom. The van der Waals surface area contributed by atoms with Crippen LogP contribution in [0.3, 0.4) is 0 Å². The molecule has 8 heteroatoms. The first kappa shape index (κ1) is 20.9. The van der Waals surface area contributed by atoms with Gasteiger partial charge < -0.3 is 20.3 Å². The van der Waals surface area contributed by atoms with Crippen molar-refractivity contribution in [3.63, 3.8) is 0 Å². The molecule has 2 rings (SSSR count). The van der Waals surface area contributed by atoms with E-state index in [-0.39, 0.29) is 11.6 Å². The number of carboxylic acids is 1. The van der Waals surface area contributed by atoms with Gasteiger partial charge >= 0.3 is 5.97 Å². The Labute approximate surface area is 159 Å². The zero-order valence-electron chi connectivity index (χ0n) is 16.4. The number of carboxylic acid groups (broad SMARTS) is 1. The number of hydrogen-bond donors (Lipinski definition) is 3. The summed E-state index contributed by atoms with van der Waals surface area (Å²) >= 11 is 0. The minimum atomic E-state index is -1.10. The van der Waals surface area contributed by atoms with Crippen LogP contribution in [0.4, 0.5) is 0 Å². The van der Waals surface area contributed by atoms with Gasteiger partial charge in [0.25, 0.3) is 5.91 Å². The summed E-state index contributed by atoms with van der Waals surface area (Å²) < 4.78 is 4.92. The summed E-state index contributed by atoms with van der Waals surface area (Å²) in [6.07, 6.45) is 4.68. The van der Waals surface area contributed by atoms with Gasteiger partial charge in [-0.3, -0.25) is 9.59 Å². The van der Waals surface area contributed by atoms with Crippen molar-refractivity contribution >= 4 is 17.8 Å². The lowest BCUT2D eigenvalue weighted by Crippen LogP contribution is -2.57. The fourth-order valence-corrected chi connectivity index (χ4v) is 3.43. The molecule has 2 amide bonds. The molecule has 0 radical (unpaired) electrons. The highest BCUT2D eigenvalue weighted by molar-refractivity contribution is 5.97. The molecule has 0 aromatic carbocycles. The molecule has 1 aromatic heterocycles. The van der Waals surface area contributed by atoms with Crippen molar-refractivity contribution < 1.29 is 24.0 Å². The largest absolute Gasteiger partial charge is 0.480 e. The smallest absolute Gasteiger partial charge is 0.326 e. The fraction of sp³-hybridized carbons (Fsp3) is 0.684. The van der Waals surface area contributed by atoms with Gasteiger partial charge in [-0.1, -0.05) is 45.2 Å². The van der Waals surface area contributed by atoms with Gasteiger partial charge in [0.1, 0.15) is 17.8 Å². The number of carbonyl (C=O) groups excluding carboxylic acids is 2. The number of nitrogens with one attached hydrogen (secondary N) is 2. The van der Waals surface area contributed by atoms with Crippen molar-refractivity contribution in [1.29, 1.82) is 0 Å². The fourth-order valence-electron chi connectivity index (χ4n) is 3.43. The molecule has 27 heavy (non-hydrogen) atoms. The molecule has 1 fully saturated rings. The molecule has 0 aliphatic heterocycles. The quantitative estimate of drug-likeness (QED) is 0.697. The molecule has 1 aromatic rings. The molecule has 150 valence electrons. The van der Waals surface area contributed by atoms with Gasteiger partial charge in [0, 0.05) is 6.07 Å². The van der Waals surface area contributed by atoms with Crippen LogP contribution < -0.4 is 10.6 Å². The van der Waals surface area contributed by atoms with Crippen molar-refractivity contribution in [2.24, 2.45) is 11.3 Å². The molecule has 1 heterocycles. The average molecular weight is 379 g/mol. The van der Waals surface area contributed by atoms with E-state index in [4.69, 9.17) is 4.52 Å². The molecule has 0 unspecified atom stereocenters. The summed E-state index contributed by atoms with van der Waals surface area (Å²) in [5.41, 5.74) is -0.557. The Hall–Kier alpha value is -2.38. The van der Waals surface area contributed by atoms with Crippen molar-refractivity contribution in [1.82, 2.24) is 15.8 Å². The highest BCUT2D eigenvalue weighted by Crippen LogP contribution is 2.27. The summed E-state index contributed by atoms with van der Waals surface area (Å²) in [4.78, 5) is 37.0. The predicted molar refractivity (Wildman–Crippen MR) is 98.1 cm³/mol. The van der Waals surface area contributed by atoms with E-state index >= 15 is 0 Å². The summed E-state index contributed by atoms with van der Waals surface area (Å²) in [5.74, 6) is -1.61. The van der Waals surface area contributed by atoms with Gasteiger partial charge in [0.2, 0.25) is 5.91 Å². The highest BCUT2D eigenvalue weighted by Gasteiger charge is 2.37. The standard InChI is InChI=1S/C19H29N3O5/c1-11-10-13(22-27-11)16(23)20-14(12-8-6-5-7-9-12)17(24)21-15(18(25)26)19(2,3)4/h10,12,14-15H,5-9H2,1-4H3,(H,20,23)(H,21,24)(H,25,26)/t14-,15+/m0/s1. The lowest BCUT2D eigenvalue weighted by atomic mass is 9.82. The summed E-state index contributed by atoms with van der Waals surface area (Å²) in [5, 5.41) is 18.5. The number of aryl methyl sites for hydroxylation is 1. The number of amides is 2. The van der Waals surface area contributed by atoms with E-state index in [1.165, 1.54) is 6.07 Å². The molecule has 2 atom stereocenters. The van der Waals surface area contributed by atoms with Crippen LogP contribution in [0, 0.1) is 18.3 Å². The van der Waals surface area contributed by atoms with Crippen molar-refractivity contribution in [2.45, 2.75) is 71.9 Å². The maximum atomic E-state index is 12.9. The Morgan fingerprint density at radius 1 is 1.19 bits per heavy atom. The lowest BCUT2D eigenvalue weighted by molar-refractivity contribution is -0.145. The number of aliphatic carboxylic acids is 1. The van der Waals surface area contributed by atoms with E-state index in [0.29, 0.717) is 5.76 Å². The van der Waals surface area contributed by atoms with Gasteiger partial charge in [0.15, 0.2) is 5.69 Å². The third kappa shape index (κ3) is 5.55. The summed E-state index contributed by atoms with van der Waals surface area (Å²) in [6, 6.07) is -0.360. The minimum Gasteiger partial charge on any atom is -0.480 e. The van der Waals surface area contributed by atoms with Gasteiger partial charge in [-0.2, -0.15) is 0 Å². The molecule has 0 bridgehead atoms. The van der Waals surface area contributed by atoms with Gasteiger partial charge in [0.05, 0.1) is 0 Å². The second-order valence-electron chi connectivity index (χ2n) is 8.32. The van der Waals surface area contributed by atoms with Crippen LogP contribution in [-0.4, -0.2) is 40.1 Å². The predicted octanol–water partition coefficient (Wildman–Crippen LogP) is 2.28.